The number of benzene rings is 1. The number of nitrogens with one attached hydrogen (secondary N) is 2. The van der Waals surface area contributed by atoms with Gasteiger partial charge in [-0.3, -0.25) is 0 Å². The molecule has 1 aromatic rings. The molecule has 1 saturated carbocycles. The number of hydrogen-bond donors (Lipinski definition) is 2. The van der Waals surface area contributed by atoms with Crippen LogP contribution in [0.2, 0.25) is 0 Å². The third-order valence-electron chi connectivity index (χ3n) is 2.98. The fourth-order valence-corrected chi connectivity index (χ4v) is 1.62. The molecule has 1 aliphatic rings. The number of urea groups is 1. The standard InChI is InChI=1S/C13H15F3N2O/c14-13(15,16)11-5-3-10(4-6-11)8-18-12(19)17-7-9-1-2-9/h3-6,9H,1-2,7-8H2,(H2,17,18,19). The number of halogens is 3. The van der Waals surface area contributed by atoms with Crippen LogP contribution in [-0.2, 0) is 12.7 Å². The summed E-state index contributed by atoms with van der Waals surface area (Å²) in [5.74, 6) is 0.594. The minimum atomic E-state index is -4.33. The molecule has 2 rings (SSSR count). The van der Waals surface area contributed by atoms with Gasteiger partial charge in [-0.05, 0) is 36.5 Å². The molecule has 104 valence electrons. The van der Waals surface area contributed by atoms with E-state index in [0.29, 0.717) is 18.0 Å². The summed E-state index contributed by atoms with van der Waals surface area (Å²) in [7, 11) is 0. The van der Waals surface area contributed by atoms with Crippen LogP contribution in [0.3, 0.4) is 0 Å². The number of hydrogen-bond acceptors (Lipinski definition) is 1. The lowest BCUT2D eigenvalue weighted by Crippen LogP contribution is -2.36. The molecule has 0 unspecified atom stereocenters. The maximum absolute atomic E-state index is 12.3. The molecule has 6 heteroatoms. The fraction of sp³-hybridized carbons (Fsp3) is 0.462. The SMILES string of the molecule is O=C(NCc1ccc(C(F)(F)F)cc1)NCC1CC1. The highest BCUT2D eigenvalue weighted by Crippen LogP contribution is 2.29. The number of amides is 2. The highest BCUT2D eigenvalue weighted by molar-refractivity contribution is 5.73. The van der Waals surface area contributed by atoms with Gasteiger partial charge in [0.2, 0.25) is 0 Å². The minimum Gasteiger partial charge on any atom is -0.338 e. The summed E-state index contributed by atoms with van der Waals surface area (Å²) in [6, 6.07) is 4.47. The van der Waals surface area contributed by atoms with Crippen molar-refractivity contribution in [3.63, 3.8) is 0 Å². The van der Waals surface area contributed by atoms with E-state index in [0.717, 1.165) is 25.0 Å². The average Bonchev–Trinajstić information content (AvgIpc) is 3.17. The Balaban J connectivity index is 1.77. The molecular weight excluding hydrogens is 257 g/mol. The van der Waals surface area contributed by atoms with Crippen LogP contribution in [0.15, 0.2) is 24.3 Å². The molecule has 0 saturated heterocycles. The maximum Gasteiger partial charge on any atom is 0.416 e. The van der Waals surface area contributed by atoms with Crippen LogP contribution < -0.4 is 10.6 Å². The van der Waals surface area contributed by atoms with Crippen LogP contribution in [0, 0.1) is 5.92 Å². The van der Waals surface area contributed by atoms with Crippen LogP contribution in [0.5, 0.6) is 0 Å². The summed E-state index contributed by atoms with van der Waals surface area (Å²) in [6.45, 7) is 0.882. The first kappa shape index (κ1) is 13.7. The highest BCUT2D eigenvalue weighted by Gasteiger charge is 2.29. The molecule has 2 amide bonds. The lowest BCUT2D eigenvalue weighted by atomic mass is 10.1. The molecular formula is C13H15F3N2O. The number of alkyl halides is 3. The Labute approximate surface area is 109 Å². The molecule has 0 spiro atoms. The van der Waals surface area contributed by atoms with Gasteiger partial charge in [0.1, 0.15) is 0 Å². The van der Waals surface area contributed by atoms with Gasteiger partial charge in [-0.25, -0.2) is 4.79 Å². The second kappa shape index (κ2) is 5.50. The number of carbonyl (C=O) groups is 1. The van der Waals surface area contributed by atoms with Gasteiger partial charge in [-0.15, -0.1) is 0 Å². The minimum absolute atomic E-state index is 0.217. The van der Waals surface area contributed by atoms with E-state index in [4.69, 9.17) is 0 Å². The summed E-state index contributed by atoms with van der Waals surface area (Å²) in [6.07, 6.45) is -2.02. The van der Waals surface area contributed by atoms with E-state index in [1.807, 2.05) is 0 Å². The van der Waals surface area contributed by atoms with Crippen molar-refractivity contribution in [3.05, 3.63) is 35.4 Å². The van der Waals surface area contributed by atoms with E-state index in [1.165, 1.54) is 12.1 Å². The van der Waals surface area contributed by atoms with Gasteiger partial charge < -0.3 is 10.6 Å². The molecule has 3 nitrogen and oxygen atoms in total. The first-order valence-corrected chi connectivity index (χ1v) is 6.13. The van der Waals surface area contributed by atoms with Crippen molar-refractivity contribution in [1.29, 1.82) is 0 Å². The fourth-order valence-electron chi connectivity index (χ4n) is 1.62. The largest absolute Gasteiger partial charge is 0.416 e. The van der Waals surface area contributed by atoms with Crippen LogP contribution in [0.25, 0.3) is 0 Å². The summed E-state index contributed by atoms with van der Waals surface area (Å²) in [5.41, 5.74) is -0.0518. The molecule has 1 fully saturated rings. The molecule has 19 heavy (non-hydrogen) atoms. The molecule has 0 heterocycles. The first-order chi connectivity index (χ1) is 8.95. The van der Waals surface area contributed by atoms with Crippen molar-refractivity contribution in [1.82, 2.24) is 10.6 Å². The van der Waals surface area contributed by atoms with Crippen LogP contribution in [0.1, 0.15) is 24.0 Å². The zero-order valence-corrected chi connectivity index (χ0v) is 10.3. The zero-order valence-electron chi connectivity index (χ0n) is 10.3. The van der Waals surface area contributed by atoms with Gasteiger partial charge >= 0.3 is 12.2 Å². The Morgan fingerprint density at radius 3 is 2.32 bits per heavy atom. The lowest BCUT2D eigenvalue weighted by Gasteiger charge is -2.09. The Morgan fingerprint density at radius 2 is 1.79 bits per heavy atom. The zero-order chi connectivity index (χ0) is 13.9. The monoisotopic (exact) mass is 272 g/mol. The maximum atomic E-state index is 12.3. The smallest absolute Gasteiger partial charge is 0.338 e. The quantitative estimate of drug-likeness (QED) is 0.869. The second-order valence-electron chi connectivity index (χ2n) is 4.70. The van der Waals surface area contributed by atoms with Gasteiger partial charge in [0.05, 0.1) is 5.56 Å². The van der Waals surface area contributed by atoms with Crippen LogP contribution in [0.4, 0.5) is 18.0 Å². The molecule has 0 bridgehead atoms. The average molecular weight is 272 g/mol. The predicted molar refractivity (Wildman–Crippen MR) is 64.4 cm³/mol. The Hall–Kier alpha value is -1.72. The van der Waals surface area contributed by atoms with Crippen molar-refractivity contribution >= 4 is 6.03 Å². The third-order valence-corrected chi connectivity index (χ3v) is 2.98. The Kier molecular flexibility index (Phi) is 3.97. The van der Waals surface area contributed by atoms with E-state index in [-0.39, 0.29) is 12.6 Å². The predicted octanol–water partition coefficient (Wildman–Crippen LogP) is 2.91. The summed E-state index contributed by atoms with van der Waals surface area (Å²) < 4.78 is 37.0. The van der Waals surface area contributed by atoms with Gasteiger partial charge in [-0.2, -0.15) is 13.2 Å². The highest BCUT2D eigenvalue weighted by atomic mass is 19.4. The van der Waals surface area contributed by atoms with E-state index < -0.39 is 11.7 Å². The van der Waals surface area contributed by atoms with E-state index >= 15 is 0 Å². The molecule has 0 atom stereocenters. The van der Waals surface area contributed by atoms with Crippen molar-refractivity contribution in [2.45, 2.75) is 25.6 Å². The van der Waals surface area contributed by atoms with Crippen LogP contribution >= 0.6 is 0 Å². The molecule has 1 aromatic carbocycles. The summed E-state index contributed by atoms with van der Waals surface area (Å²) >= 11 is 0. The van der Waals surface area contributed by atoms with E-state index in [2.05, 4.69) is 10.6 Å². The summed E-state index contributed by atoms with van der Waals surface area (Å²) in [5, 5.41) is 5.33. The second-order valence-corrected chi connectivity index (χ2v) is 4.70. The van der Waals surface area contributed by atoms with Gasteiger partial charge in [-0.1, -0.05) is 12.1 Å². The van der Waals surface area contributed by atoms with Crippen molar-refractivity contribution in [3.8, 4) is 0 Å². The summed E-state index contributed by atoms with van der Waals surface area (Å²) in [4.78, 5) is 11.4. The Morgan fingerprint density at radius 1 is 1.16 bits per heavy atom. The Bertz CT molecular complexity index is 438. The molecule has 2 N–H and O–H groups in total. The molecule has 1 aliphatic carbocycles. The van der Waals surface area contributed by atoms with Gasteiger partial charge in [0.25, 0.3) is 0 Å². The third kappa shape index (κ3) is 4.46. The van der Waals surface area contributed by atoms with Crippen LogP contribution in [-0.4, -0.2) is 12.6 Å². The first-order valence-electron chi connectivity index (χ1n) is 6.13. The molecule has 0 aromatic heterocycles. The van der Waals surface area contributed by atoms with Gasteiger partial charge in [0, 0.05) is 13.1 Å². The van der Waals surface area contributed by atoms with E-state index in [1.54, 1.807) is 0 Å². The van der Waals surface area contributed by atoms with Crippen molar-refractivity contribution in [2.75, 3.05) is 6.54 Å². The van der Waals surface area contributed by atoms with Crippen molar-refractivity contribution in [2.24, 2.45) is 5.92 Å². The number of carbonyl (C=O) groups excluding carboxylic acids is 1. The van der Waals surface area contributed by atoms with E-state index in [9.17, 15) is 18.0 Å². The topological polar surface area (TPSA) is 41.1 Å². The van der Waals surface area contributed by atoms with Crippen molar-refractivity contribution < 1.29 is 18.0 Å². The normalized spacial score (nSPS) is 15.1. The lowest BCUT2D eigenvalue weighted by molar-refractivity contribution is -0.137. The molecule has 0 aliphatic heterocycles. The van der Waals surface area contributed by atoms with Gasteiger partial charge in [0.15, 0.2) is 0 Å². The molecule has 0 radical (unpaired) electrons. The number of rotatable bonds is 4.